The number of benzene rings is 2. The lowest BCUT2D eigenvalue weighted by Crippen LogP contribution is -2.40. The summed E-state index contributed by atoms with van der Waals surface area (Å²) in [6, 6.07) is 8.91. The molecule has 1 atom stereocenters. The van der Waals surface area contributed by atoms with Crippen LogP contribution in [0.3, 0.4) is 0 Å². The van der Waals surface area contributed by atoms with E-state index in [0.717, 1.165) is 47.3 Å². The number of amidine groups is 2. The van der Waals surface area contributed by atoms with Crippen molar-refractivity contribution in [2.45, 2.75) is 79.1 Å². The minimum Gasteiger partial charge on any atom is -0.462 e. The molecular weight excluding hydrogens is 560 g/mol. The molecule has 2 aliphatic carbocycles. The van der Waals surface area contributed by atoms with Crippen LogP contribution in [-0.4, -0.2) is 30.7 Å². The number of alkyl halides is 2. The number of ether oxygens (including phenoxy) is 2. The molecule has 0 saturated heterocycles. The summed E-state index contributed by atoms with van der Waals surface area (Å²) < 4.78 is 38.7. The fourth-order valence-electron chi connectivity index (χ4n) is 6.08. The van der Waals surface area contributed by atoms with E-state index in [9.17, 15) is 13.6 Å². The molecule has 6 nitrogen and oxygen atoms in total. The lowest BCUT2D eigenvalue weighted by atomic mass is 9.75. The van der Waals surface area contributed by atoms with Gasteiger partial charge in [-0.2, -0.15) is 0 Å². The molecular formula is C36H41F2N3O3. The molecule has 1 heterocycles. The molecule has 2 aromatic rings. The number of rotatable bonds is 11. The molecule has 5 rings (SSSR count). The lowest BCUT2D eigenvalue weighted by molar-refractivity contribution is 0.0497. The van der Waals surface area contributed by atoms with Crippen LogP contribution in [0.15, 0.2) is 48.1 Å². The summed E-state index contributed by atoms with van der Waals surface area (Å²) >= 11 is 0. The van der Waals surface area contributed by atoms with Crippen LogP contribution in [0.1, 0.15) is 99.7 Å². The summed E-state index contributed by atoms with van der Waals surface area (Å²) in [5, 5.41) is 21.8. The first-order valence-corrected chi connectivity index (χ1v) is 15.5. The van der Waals surface area contributed by atoms with Gasteiger partial charge in [0.05, 0.1) is 12.2 Å². The molecule has 0 saturated carbocycles. The molecule has 2 aromatic carbocycles. The molecule has 0 radical (unpaired) electrons. The van der Waals surface area contributed by atoms with Crippen LogP contribution in [0.2, 0.25) is 0 Å². The van der Waals surface area contributed by atoms with Gasteiger partial charge in [-0.25, -0.2) is 13.6 Å². The van der Waals surface area contributed by atoms with E-state index in [0.29, 0.717) is 53.2 Å². The maximum absolute atomic E-state index is 13.3. The molecule has 1 aliphatic heterocycles. The smallest absolute Gasteiger partial charge is 0.338 e. The quantitative estimate of drug-likeness (QED) is 0.190. The van der Waals surface area contributed by atoms with E-state index in [1.807, 2.05) is 12.1 Å². The van der Waals surface area contributed by atoms with Gasteiger partial charge in [0.25, 0.3) is 0 Å². The zero-order valence-electron chi connectivity index (χ0n) is 25.9. The van der Waals surface area contributed by atoms with E-state index in [4.69, 9.17) is 20.3 Å². The minimum absolute atomic E-state index is 0.0974. The normalized spacial score (nSPS) is 17.5. The third-order valence-electron chi connectivity index (χ3n) is 8.50. The Bertz CT molecular complexity index is 1680. The summed E-state index contributed by atoms with van der Waals surface area (Å²) in [7, 11) is 0. The van der Waals surface area contributed by atoms with Crippen molar-refractivity contribution in [1.29, 1.82) is 10.8 Å². The molecule has 3 aliphatic rings. The van der Waals surface area contributed by atoms with Gasteiger partial charge in [0, 0.05) is 34.8 Å². The Morgan fingerprint density at radius 2 is 1.89 bits per heavy atom. The van der Waals surface area contributed by atoms with E-state index < -0.39 is 12.4 Å². The van der Waals surface area contributed by atoms with Crippen molar-refractivity contribution in [3.63, 3.8) is 0 Å². The molecule has 3 N–H and O–H groups in total. The molecule has 232 valence electrons. The number of allylic oxidation sites excluding steroid dienone is 4. The summed E-state index contributed by atoms with van der Waals surface area (Å²) in [6.45, 7) is 9.01. The first-order chi connectivity index (χ1) is 21.0. The highest BCUT2D eigenvalue weighted by Gasteiger charge is 2.33. The topological polar surface area (TPSA) is 95.3 Å². The van der Waals surface area contributed by atoms with Gasteiger partial charge in [0.1, 0.15) is 23.2 Å². The molecule has 0 bridgehead atoms. The predicted molar refractivity (Wildman–Crippen MR) is 171 cm³/mol. The largest absolute Gasteiger partial charge is 0.462 e. The van der Waals surface area contributed by atoms with Gasteiger partial charge in [-0.1, -0.05) is 71.3 Å². The van der Waals surface area contributed by atoms with Crippen molar-refractivity contribution in [1.82, 2.24) is 5.32 Å². The van der Waals surface area contributed by atoms with E-state index in [1.54, 1.807) is 30.3 Å². The van der Waals surface area contributed by atoms with Crippen molar-refractivity contribution < 1.29 is 23.0 Å². The summed E-state index contributed by atoms with van der Waals surface area (Å²) in [4.78, 5) is 12.8. The molecule has 0 amide bonds. The Labute approximate surface area is 257 Å². The van der Waals surface area contributed by atoms with E-state index >= 15 is 0 Å². The van der Waals surface area contributed by atoms with Crippen LogP contribution in [0, 0.1) is 22.2 Å². The third kappa shape index (κ3) is 6.69. The Morgan fingerprint density at radius 1 is 1.09 bits per heavy atom. The summed E-state index contributed by atoms with van der Waals surface area (Å²) in [5.74, 6) is 1.12. The average Bonchev–Trinajstić information content (AvgIpc) is 3.53. The standard InChI is InChI=1S/C36H41F2N3O3/c1-5-6-7-8-14-43-35(42)23-10-9-11-26(18-23)44-28-20-25(36(2,3)4)17-24-19-27-32(34(40)41-33(27)39)31(30(24)28)22-13-12-21(15-22)16-29(37)38/h9-12,15,17-19,25,29H,5-8,13-14,16,20H2,1-4H3,(H3,39,40,41). The van der Waals surface area contributed by atoms with E-state index in [2.05, 4.69) is 39.1 Å². The fourth-order valence-corrected chi connectivity index (χ4v) is 6.08. The predicted octanol–water partition coefficient (Wildman–Crippen LogP) is 7.08. The van der Waals surface area contributed by atoms with Crippen molar-refractivity contribution in [2.24, 2.45) is 11.3 Å². The third-order valence-corrected chi connectivity index (χ3v) is 8.50. The minimum atomic E-state index is -2.46. The number of hydrogen-bond donors (Lipinski definition) is 3. The zero-order chi connectivity index (χ0) is 31.6. The van der Waals surface area contributed by atoms with Crippen LogP contribution in [0.4, 0.5) is 8.78 Å². The zero-order valence-corrected chi connectivity index (χ0v) is 25.9. The number of halogens is 2. The van der Waals surface area contributed by atoms with Crippen molar-refractivity contribution >= 4 is 35.0 Å². The number of carbonyl (C=O) groups is 1. The average molecular weight is 602 g/mol. The maximum Gasteiger partial charge on any atom is 0.338 e. The number of carbonyl (C=O) groups excluding carboxylic acids is 1. The second-order valence-corrected chi connectivity index (χ2v) is 12.9. The van der Waals surface area contributed by atoms with Gasteiger partial charge in [-0.05, 0) is 64.8 Å². The maximum atomic E-state index is 13.3. The van der Waals surface area contributed by atoms with Gasteiger partial charge < -0.3 is 14.8 Å². The van der Waals surface area contributed by atoms with Gasteiger partial charge in [0.15, 0.2) is 0 Å². The van der Waals surface area contributed by atoms with Crippen LogP contribution >= 0.6 is 0 Å². The number of hydrogen-bond acceptors (Lipinski definition) is 5. The highest BCUT2D eigenvalue weighted by Crippen LogP contribution is 2.37. The summed E-state index contributed by atoms with van der Waals surface area (Å²) in [5.41, 5.74) is 3.60. The molecule has 0 fully saturated rings. The lowest BCUT2D eigenvalue weighted by Gasteiger charge is -2.32. The Hall–Kier alpha value is -4.07. The summed E-state index contributed by atoms with van der Waals surface area (Å²) in [6.07, 6.45) is 8.09. The first kappa shape index (κ1) is 31.4. The van der Waals surface area contributed by atoms with Crippen molar-refractivity contribution in [2.75, 3.05) is 6.61 Å². The van der Waals surface area contributed by atoms with Crippen molar-refractivity contribution in [3.05, 3.63) is 80.7 Å². The fraction of sp³-hybridized carbons (Fsp3) is 0.417. The van der Waals surface area contributed by atoms with Crippen molar-refractivity contribution in [3.8, 4) is 5.75 Å². The monoisotopic (exact) mass is 601 g/mol. The van der Waals surface area contributed by atoms with Crippen LogP contribution in [-0.2, 0) is 4.74 Å². The highest BCUT2D eigenvalue weighted by molar-refractivity contribution is 6.25. The Kier molecular flexibility index (Phi) is 9.18. The number of fused-ring (bicyclic) bond motifs is 2. The van der Waals surface area contributed by atoms with Gasteiger partial charge >= 0.3 is 5.97 Å². The van der Waals surface area contributed by atoms with Gasteiger partial charge in [-0.15, -0.1) is 0 Å². The first-order valence-electron chi connectivity index (χ1n) is 15.5. The van der Waals surface area contributed by atoms with E-state index in [-0.39, 0.29) is 29.4 Å². The van der Waals surface area contributed by atoms with Crippen LogP contribution < -0.4 is 20.5 Å². The van der Waals surface area contributed by atoms with Crippen LogP contribution in [0.25, 0.3) is 17.4 Å². The molecule has 44 heavy (non-hydrogen) atoms. The molecule has 0 spiro atoms. The van der Waals surface area contributed by atoms with Gasteiger partial charge in [-0.3, -0.25) is 10.8 Å². The van der Waals surface area contributed by atoms with Crippen LogP contribution in [0.5, 0.6) is 5.75 Å². The molecule has 0 aromatic heterocycles. The SMILES string of the molecule is CCCCCCOC(=O)c1cccc(OC2=c3c(C4=CC(CC(F)F)=CC4)c4c(cc3=CC(C(C)(C)C)C2)C(=N)NC4=N)c1. The molecule has 1 unspecified atom stereocenters. The van der Waals surface area contributed by atoms with E-state index in [1.165, 1.54) is 0 Å². The highest BCUT2D eigenvalue weighted by atomic mass is 19.3. The number of esters is 1. The Morgan fingerprint density at radius 3 is 2.61 bits per heavy atom. The number of nitrogens with one attached hydrogen (secondary N) is 3. The van der Waals surface area contributed by atoms with Gasteiger partial charge in [0.2, 0.25) is 6.43 Å². The second-order valence-electron chi connectivity index (χ2n) is 12.9. The Balaban J connectivity index is 1.62. The second kappa shape index (κ2) is 12.9. The number of unbranched alkanes of at least 4 members (excludes halogenated alkanes) is 3. The molecule has 8 heteroatoms.